The molecule has 2 aromatic carbocycles. The van der Waals surface area contributed by atoms with Crippen molar-refractivity contribution in [1.82, 2.24) is 9.88 Å². The Labute approximate surface area is 196 Å². The molecule has 0 aliphatic carbocycles. The summed E-state index contributed by atoms with van der Waals surface area (Å²) in [4.78, 5) is 18.7. The molecule has 0 atom stereocenters. The van der Waals surface area contributed by atoms with E-state index in [1.54, 1.807) is 24.3 Å². The number of nitriles is 1. The Morgan fingerprint density at radius 3 is 2.79 bits per heavy atom. The highest BCUT2D eigenvalue weighted by atomic mass is 35.5. The number of fused-ring (bicyclic) bond motifs is 1. The number of nitrogens with one attached hydrogen (secondary N) is 2. The molecule has 0 radical (unpaired) electrons. The maximum absolute atomic E-state index is 14.0. The number of hydrogen-bond donors (Lipinski definition) is 2. The number of likely N-dealkylation sites (N-methyl/N-ethyl adjacent to an activating group) is 1. The number of amides is 1. The highest BCUT2D eigenvalue weighted by molar-refractivity contribution is 6.30. The van der Waals surface area contributed by atoms with Crippen LogP contribution < -0.4 is 15.4 Å². The third kappa shape index (κ3) is 5.98. The maximum Gasteiger partial charge on any atom is 0.248 e. The number of aromatic nitrogens is 1. The van der Waals surface area contributed by atoms with E-state index in [1.165, 1.54) is 24.4 Å². The number of carbonyl (C=O) groups is 1. The summed E-state index contributed by atoms with van der Waals surface area (Å²) >= 11 is 5.78. The number of halogens is 2. The highest BCUT2D eigenvalue weighted by Crippen LogP contribution is 2.36. The van der Waals surface area contributed by atoms with E-state index in [4.69, 9.17) is 16.3 Å². The topological polar surface area (TPSA) is 90.3 Å². The van der Waals surface area contributed by atoms with E-state index in [9.17, 15) is 14.4 Å². The molecule has 1 heterocycles. The minimum Gasteiger partial charge on any atom is -0.492 e. The zero-order chi connectivity index (χ0) is 24.0. The first kappa shape index (κ1) is 24.0. The van der Waals surface area contributed by atoms with Crippen LogP contribution in [0.3, 0.4) is 0 Å². The van der Waals surface area contributed by atoms with Crippen molar-refractivity contribution in [3.8, 4) is 11.8 Å². The Hall–Kier alpha value is -3.67. The molecule has 9 heteroatoms. The van der Waals surface area contributed by atoms with Gasteiger partial charge < -0.3 is 20.3 Å². The molecule has 0 saturated heterocycles. The molecule has 2 N–H and O–H groups in total. The predicted molar refractivity (Wildman–Crippen MR) is 129 cm³/mol. The lowest BCUT2D eigenvalue weighted by atomic mass is 10.1. The van der Waals surface area contributed by atoms with Crippen molar-refractivity contribution in [3.05, 3.63) is 65.1 Å². The number of rotatable bonds is 8. The molecule has 0 aliphatic heterocycles. The molecule has 3 aromatic rings. The van der Waals surface area contributed by atoms with Crippen molar-refractivity contribution in [1.29, 1.82) is 5.26 Å². The SMILES string of the molecule is CCOc1cc2ncc(C#N)c(Nc3ccc(Cl)c(F)c3)c2cc1NC(=O)/C=C/CN(C)C. The van der Waals surface area contributed by atoms with Crippen LogP contribution in [-0.2, 0) is 4.79 Å². The van der Waals surface area contributed by atoms with Gasteiger partial charge in [-0.05, 0) is 45.3 Å². The van der Waals surface area contributed by atoms with E-state index in [2.05, 4.69) is 21.7 Å². The lowest BCUT2D eigenvalue weighted by Crippen LogP contribution is -2.13. The van der Waals surface area contributed by atoms with Gasteiger partial charge >= 0.3 is 0 Å². The molecule has 1 aromatic heterocycles. The molecule has 0 saturated carbocycles. The number of benzene rings is 2. The number of hydrogen-bond acceptors (Lipinski definition) is 6. The van der Waals surface area contributed by atoms with Crippen LogP contribution in [0.5, 0.6) is 5.75 Å². The van der Waals surface area contributed by atoms with E-state index in [-0.39, 0.29) is 16.5 Å². The number of ether oxygens (including phenoxy) is 1. The first-order valence-electron chi connectivity index (χ1n) is 10.2. The van der Waals surface area contributed by atoms with Crippen LogP contribution in [0.2, 0.25) is 5.02 Å². The monoisotopic (exact) mass is 467 g/mol. The summed E-state index contributed by atoms with van der Waals surface area (Å²) in [6.45, 7) is 2.84. The van der Waals surface area contributed by atoms with Crippen LogP contribution in [0.4, 0.5) is 21.5 Å². The second kappa shape index (κ2) is 10.8. The van der Waals surface area contributed by atoms with Crippen LogP contribution in [-0.4, -0.2) is 43.0 Å². The van der Waals surface area contributed by atoms with Crippen LogP contribution in [0.25, 0.3) is 10.9 Å². The van der Waals surface area contributed by atoms with Crippen molar-refractivity contribution in [2.24, 2.45) is 0 Å². The van der Waals surface area contributed by atoms with E-state index in [0.29, 0.717) is 46.9 Å². The maximum atomic E-state index is 14.0. The fourth-order valence-corrected chi connectivity index (χ4v) is 3.19. The second-order valence-electron chi connectivity index (χ2n) is 7.36. The molecule has 1 amide bonds. The summed E-state index contributed by atoms with van der Waals surface area (Å²) in [7, 11) is 3.80. The zero-order valence-electron chi connectivity index (χ0n) is 18.4. The fraction of sp³-hybridized carbons (Fsp3) is 0.208. The summed E-state index contributed by atoms with van der Waals surface area (Å²) in [5, 5.41) is 16.1. The van der Waals surface area contributed by atoms with Gasteiger partial charge in [0.1, 0.15) is 17.6 Å². The first-order chi connectivity index (χ1) is 15.8. The third-order valence-electron chi connectivity index (χ3n) is 4.58. The Bertz CT molecular complexity index is 1250. The Morgan fingerprint density at radius 1 is 1.33 bits per heavy atom. The minimum atomic E-state index is -0.588. The Balaban J connectivity index is 2.07. The summed E-state index contributed by atoms with van der Waals surface area (Å²) in [5.41, 5.74) is 2.05. The summed E-state index contributed by atoms with van der Waals surface area (Å²) < 4.78 is 19.6. The fourth-order valence-electron chi connectivity index (χ4n) is 3.08. The van der Waals surface area contributed by atoms with E-state index in [1.807, 2.05) is 25.9 Å². The van der Waals surface area contributed by atoms with Gasteiger partial charge in [0, 0.05) is 36.0 Å². The van der Waals surface area contributed by atoms with Gasteiger partial charge in [-0.15, -0.1) is 0 Å². The van der Waals surface area contributed by atoms with Crippen molar-refractivity contribution in [2.45, 2.75) is 6.92 Å². The molecule has 0 bridgehead atoms. The van der Waals surface area contributed by atoms with Gasteiger partial charge in [0.15, 0.2) is 0 Å². The molecule has 0 fully saturated rings. The van der Waals surface area contributed by atoms with Crippen LogP contribution in [0.15, 0.2) is 48.7 Å². The molecule has 7 nitrogen and oxygen atoms in total. The number of nitrogens with zero attached hydrogens (tertiary/aromatic N) is 3. The Morgan fingerprint density at radius 2 is 2.12 bits per heavy atom. The van der Waals surface area contributed by atoms with Gasteiger partial charge in [0.05, 0.1) is 34.1 Å². The zero-order valence-corrected chi connectivity index (χ0v) is 19.2. The number of pyridine rings is 1. The molecular formula is C24H23ClFN5O2. The van der Waals surface area contributed by atoms with E-state index in [0.717, 1.165) is 0 Å². The number of anilines is 3. The largest absolute Gasteiger partial charge is 0.492 e. The summed E-state index contributed by atoms with van der Waals surface area (Å²) in [6.07, 6.45) is 4.61. The van der Waals surface area contributed by atoms with Crippen molar-refractivity contribution >= 4 is 45.5 Å². The second-order valence-corrected chi connectivity index (χ2v) is 7.77. The minimum absolute atomic E-state index is 0.00526. The van der Waals surface area contributed by atoms with Crippen LogP contribution in [0.1, 0.15) is 12.5 Å². The van der Waals surface area contributed by atoms with Gasteiger partial charge in [-0.2, -0.15) is 5.26 Å². The Kier molecular flexibility index (Phi) is 7.83. The molecule has 170 valence electrons. The van der Waals surface area contributed by atoms with E-state index < -0.39 is 5.82 Å². The molecule has 33 heavy (non-hydrogen) atoms. The van der Waals surface area contributed by atoms with Crippen molar-refractivity contribution < 1.29 is 13.9 Å². The lowest BCUT2D eigenvalue weighted by Gasteiger charge is -2.16. The van der Waals surface area contributed by atoms with Gasteiger partial charge in [-0.3, -0.25) is 9.78 Å². The van der Waals surface area contributed by atoms with Crippen LogP contribution >= 0.6 is 11.6 Å². The van der Waals surface area contributed by atoms with Gasteiger partial charge in [-0.1, -0.05) is 17.7 Å². The molecule has 0 unspecified atom stereocenters. The average Bonchev–Trinajstić information content (AvgIpc) is 2.77. The van der Waals surface area contributed by atoms with Crippen molar-refractivity contribution in [2.75, 3.05) is 37.9 Å². The molecular weight excluding hydrogens is 445 g/mol. The molecule has 3 rings (SSSR count). The highest BCUT2D eigenvalue weighted by Gasteiger charge is 2.15. The van der Waals surface area contributed by atoms with Gasteiger partial charge in [-0.25, -0.2) is 4.39 Å². The van der Waals surface area contributed by atoms with Gasteiger partial charge in [0.2, 0.25) is 5.91 Å². The third-order valence-corrected chi connectivity index (χ3v) is 4.88. The first-order valence-corrected chi connectivity index (χ1v) is 10.5. The normalized spacial score (nSPS) is 11.1. The molecule has 0 spiro atoms. The predicted octanol–water partition coefficient (Wildman–Crippen LogP) is 5.10. The standard InChI is InChI=1S/C24H23ClFN5O2/c1-4-33-22-12-20-17(11-21(22)30-23(32)6-5-9-31(2)3)24(15(13-27)14-28-20)29-16-7-8-18(25)19(26)10-16/h5-8,10-12,14H,4,9H2,1-3H3,(H,28,29)(H,30,32)/b6-5+. The number of carbonyl (C=O) groups excluding carboxylic acids is 1. The smallest absolute Gasteiger partial charge is 0.248 e. The average molecular weight is 468 g/mol. The van der Waals surface area contributed by atoms with Gasteiger partial charge in [0.25, 0.3) is 0 Å². The lowest BCUT2D eigenvalue weighted by molar-refractivity contribution is -0.111. The quantitative estimate of drug-likeness (QED) is 0.448. The summed E-state index contributed by atoms with van der Waals surface area (Å²) in [6, 6.07) is 9.73. The van der Waals surface area contributed by atoms with Crippen LogP contribution in [0, 0.1) is 17.1 Å². The van der Waals surface area contributed by atoms with Crippen molar-refractivity contribution in [3.63, 3.8) is 0 Å². The molecule has 0 aliphatic rings. The van der Waals surface area contributed by atoms with E-state index >= 15 is 0 Å². The summed E-state index contributed by atoms with van der Waals surface area (Å²) in [5.74, 6) is -0.467.